The van der Waals surface area contributed by atoms with Crippen LogP contribution in [0.5, 0.6) is 0 Å². The summed E-state index contributed by atoms with van der Waals surface area (Å²) in [6, 6.07) is 5.86. The molecule has 0 bridgehead atoms. The number of halogens is 1. The molecule has 106 valence electrons. The number of nitrogens with one attached hydrogen (secondary N) is 1. The van der Waals surface area contributed by atoms with Crippen LogP contribution in [-0.2, 0) is 0 Å². The first-order chi connectivity index (χ1) is 9.10. The van der Waals surface area contributed by atoms with E-state index in [9.17, 15) is 4.39 Å². The summed E-state index contributed by atoms with van der Waals surface area (Å²) in [4.78, 5) is 0.811. The lowest BCUT2D eigenvalue weighted by Crippen LogP contribution is -2.15. The van der Waals surface area contributed by atoms with E-state index in [-0.39, 0.29) is 11.9 Å². The Morgan fingerprint density at radius 3 is 2.79 bits per heavy atom. The molecule has 1 nitrogen and oxygen atoms in total. The fraction of sp³-hybridized carbons (Fsp3) is 0.625. The van der Waals surface area contributed by atoms with Gasteiger partial charge in [-0.2, -0.15) is 0 Å². The highest BCUT2D eigenvalue weighted by molar-refractivity contribution is 8.00. The van der Waals surface area contributed by atoms with Gasteiger partial charge in [0.15, 0.2) is 0 Å². The summed E-state index contributed by atoms with van der Waals surface area (Å²) < 4.78 is 14.2. The molecule has 0 amide bonds. The third-order valence-corrected chi connectivity index (χ3v) is 5.42. The van der Waals surface area contributed by atoms with Gasteiger partial charge in [0.2, 0.25) is 0 Å². The molecular formula is C16H24FNS. The van der Waals surface area contributed by atoms with Crippen molar-refractivity contribution in [3.63, 3.8) is 0 Å². The number of hydrogen-bond donors (Lipinski definition) is 1. The van der Waals surface area contributed by atoms with E-state index in [0.29, 0.717) is 5.25 Å². The Bertz CT molecular complexity index is 421. The van der Waals surface area contributed by atoms with E-state index in [1.165, 1.54) is 25.7 Å². The van der Waals surface area contributed by atoms with E-state index in [1.54, 1.807) is 17.8 Å². The number of hydrogen-bond acceptors (Lipinski definition) is 2. The lowest BCUT2D eigenvalue weighted by molar-refractivity contribution is 0.394. The van der Waals surface area contributed by atoms with Crippen molar-refractivity contribution in [2.75, 3.05) is 7.05 Å². The molecule has 0 radical (unpaired) electrons. The molecule has 1 aliphatic rings. The fourth-order valence-electron chi connectivity index (χ4n) is 2.71. The predicted molar refractivity (Wildman–Crippen MR) is 81.2 cm³/mol. The third-order valence-electron chi connectivity index (χ3n) is 4.07. The molecule has 0 spiro atoms. The van der Waals surface area contributed by atoms with Crippen LogP contribution in [-0.4, -0.2) is 12.3 Å². The molecule has 0 aromatic heterocycles. The zero-order valence-electron chi connectivity index (χ0n) is 12.1. The summed E-state index contributed by atoms with van der Waals surface area (Å²) in [6.07, 6.45) is 5.06. The van der Waals surface area contributed by atoms with E-state index >= 15 is 0 Å². The lowest BCUT2D eigenvalue weighted by atomic mass is 9.91. The summed E-state index contributed by atoms with van der Waals surface area (Å²) in [5.74, 6) is 0.723. The van der Waals surface area contributed by atoms with E-state index in [2.05, 4.69) is 12.2 Å². The molecule has 1 saturated carbocycles. The molecule has 2 rings (SSSR count). The third kappa shape index (κ3) is 3.96. The molecule has 0 heterocycles. The van der Waals surface area contributed by atoms with Crippen LogP contribution in [0.2, 0.25) is 0 Å². The minimum absolute atomic E-state index is 0.0668. The number of thioether (sulfide) groups is 1. The van der Waals surface area contributed by atoms with Gasteiger partial charge in [0.1, 0.15) is 5.82 Å². The zero-order valence-corrected chi connectivity index (χ0v) is 12.9. The molecule has 1 N–H and O–H groups in total. The average Bonchev–Trinajstić information content (AvgIpc) is 2.40. The van der Waals surface area contributed by atoms with Crippen molar-refractivity contribution in [3.8, 4) is 0 Å². The largest absolute Gasteiger partial charge is 0.313 e. The van der Waals surface area contributed by atoms with Crippen LogP contribution in [0, 0.1) is 11.7 Å². The fourth-order valence-corrected chi connectivity index (χ4v) is 4.10. The standard InChI is InChI=1S/C16H24FNS/c1-11-5-4-6-14(9-11)19-16-8-7-13(10-15(16)17)12(2)18-3/h7-8,10-12,14,18H,4-6,9H2,1-3H3. The smallest absolute Gasteiger partial charge is 0.137 e. The summed E-state index contributed by atoms with van der Waals surface area (Å²) >= 11 is 1.73. The highest BCUT2D eigenvalue weighted by Gasteiger charge is 2.21. The molecule has 3 unspecified atom stereocenters. The number of benzene rings is 1. The van der Waals surface area contributed by atoms with Crippen molar-refractivity contribution < 1.29 is 4.39 Å². The van der Waals surface area contributed by atoms with E-state index in [0.717, 1.165) is 16.4 Å². The Balaban J connectivity index is 2.04. The van der Waals surface area contributed by atoms with E-state index in [4.69, 9.17) is 0 Å². The number of rotatable bonds is 4. The average molecular weight is 281 g/mol. The van der Waals surface area contributed by atoms with Crippen molar-refractivity contribution in [1.29, 1.82) is 0 Å². The van der Waals surface area contributed by atoms with Gasteiger partial charge in [0.05, 0.1) is 0 Å². The van der Waals surface area contributed by atoms with Crippen LogP contribution in [0.4, 0.5) is 4.39 Å². The van der Waals surface area contributed by atoms with Crippen LogP contribution in [0.1, 0.15) is 51.1 Å². The van der Waals surface area contributed by atoms with E-state index < -0.39 is 0 Å². The van der Waals surface area contributed by atoms with Gasteiger partial charge >= 0.3 is 0 Å². The van der Waals surface area contributed by atoms with Crippen LogP contribution in [0.15, 0.2) is 23.1 Å². The Morgan fingerprint density at radius 2 is 2.16 bits per heavy atom. The molecule has 3 heteroatoms. The Morgan fingerprint density at radius 1 is 1.37 bits per heavy atom. The summed E-state index contributed by atoms with van der Waals surface area (Å²) in [6.45, 7) is 4.35. The van der Waals surface area contributed by atoms with Crippen molar-refractivity contribution in [2.24, 2.45) is 5.92 Å². The summed E-state index contributed by atoms with van der Waals surface area (Å²) in [5.41, 5.74) is 1.02. The van der Waals surface area contributed by atoms with E-state index in [1.807, 2.05) is 26.1 Å². The first-order valence-corrected chi connectivity index (χ1v) is 8.11. The van der Waals surface area contributed by atoms with Crippen molar-refractivity contribution in [3.05, 3.63) is 29.6 Å². The van der Waals surface area contributed by atoms with Gasteiger partial charge in [-0.25, -0.2) is 4.39 Å². The molecule has 1 aliphatic carbocycles. The maximum absolute atomic E-state index is 14.2. The Labute approximate surface area is 120 Å². The molecule has 1 fully saturated rings. The van der Waals surface area contributed by atoms with Crippen molar-refractivity contribution >= 4 is 11.8 Å². The summed E-state index contributed by atoms with van der Waals surface area (Å²) in [7, 11) is 1.90. The second kappa shape index (κ2) is 6.76. The first-order valence-electron chi connectivity index (χ1n) is 7.23. The molecular weight excluding hydrogens is 257 g/mol. The van der Waals surface area contributed by atoms with Crippen LogP contribution in [0.25, 0.3) is 0 Å². The second-order valence-corrected chi connectivity index (χ2v) is 7.05. The summed E-state index contributed by atoms with van der Waals surface area (Å²) in [5, 5.41) is 3.73. The van der Waals surface area contributed by atoms with Gasteiger partial charge in [-0.3, -0.25) is 0 Å². The van der Waals surface area contributed by atoms with Crippen molar-refractivity contribution in [1.82, 2.24) is 5.32 Å². The predicted octanol–water partition coefficient (Wildman–Crippen LogP) is 4.78. The Kier molecular flexibility index (Phi) is 5.28. The molecule has 0 saturated heterocycles. The Hall–Kier alpha value is -0.540. The van der Waals surface area contributed by atoms with Gasteiger partial charge < -0.3 is 5.32 Å². The van der Waals surface area contributed by atoms with Crippen LogP contribution < -0.4 is 5.32 Å². The molecule has 1 aromatic rings. The topological polar surface area (TPSA) is 12.0 Å². The molecule has 0 aliphatic heterocycles. The van der Waals surface area contributed by atoms with Gasteiger partial charge in [-0.05, 0) is 50.4 Å². The van der Waals surface area contributed by atoms with Gasteiger partial charge in [0.25, 0.3) is 0 Å². The monoisotopic (exact) mass is 281 g/mol. The maximum Gasteiger partial charge on any atom is 0.137 e. The second-order valence-electron chi connectivity index (χ2n) is 5.71. The highest BCUT2D eigenvalue weighted by atomic mass is 32.2. The molecule has 19 heavy (non-hydrogen) atoms. The quantitative estimate of drug-likeness (QED) is 0.852. The minimum atomic E-state index is -0.0668. The normalized spacial score (nSPS) is 25.3. The van der Waals surface area contributed by atoms with Crippen LogP contribution >= 0.6 is 11.8 Å². The zero-order chi connectivity index (χ0) is 13.8. The minimum Gasteiger partial charge on any atom is -0.313 e. The van der Waals surface area contributed by atoms with Gasteiger partial charge in [-0.1, -0.05) is 25.8 Å². The SMILES string of the molecule is CNC(C)c1ccc(SC2CCCC(C)C2)c(F)c1. The molecule has 3 atom stereocenters. The first kappa shape index (κ1) is 14.9. The maximum atomic E-state index is 14.2. The van der Waals surface area contributed by atoms with Gasteiger partial charge in [0, 0.05) is 16.2 Å². The van der Waals surface area contributed by atoms with Crippen molar-refractivity contribution in [2.45, 2.75) is 55.7 Å². The van der Waals surface area contributed by atoms with Gasteiger partial charge in [-0.15, -0.1) is 11.8 Å². The van der Waals surface area contributed by atoms with Crippen LogP contribution in [0.3, 0.4) is 0 Å². The molecule has 1 aromatic carbocycles. The highest BCUT2D eigenvalue weighted by Crippen LogP contribution is 2.37. The lowest BCUT2D eigenvalue weighted by Gasteiger charge is -2.26.